The van der Waals surface area contributed by atoms with Crippen molar-refractivity contribution in [3.8, 4) is 17.2 Å². The van der Waals surface area contributed by atoms with E-state index in [1.165, 1.54) is 0 Å². The van der Waals surface area contributed by atoms with E-state index in [1.54, 1.807) is 36.4 Å². The van der Waals surface area contributed by atoms with Crippen molar-refractivity contribution in [1.29, 1.82) is 0 Å². The van der Waals surface area contributed by atoms with Gasteiger partial charge in [-0.1, -0.05) is 23.2 Å². The average Bonchev–Trinajstić information content (AvgIpc) is 2.60. The predicted molar refractivity (Wildman–Crippen MR) is 97.3 cm³/mol. The number of fused-ring (bicyclic) bond motifs is 1. The van der Waals surface area contributed by atoms with Gasteiger partial charge >= 0.3 is 0 Å². The number of carbonyl (C=O) groups excluding carboxylic acids is 1. The summed E-state index contributed by atoms with van der Waals surface area (Å²) in [4.78, 5) is 12.0. The van der Waals surface area contributed by atoms with Gasteiger partial charge < -0.3 is 19.5 Å². The SMILES string of the molecule is O=C(CCCOc1ccc(Cl)cc1Cl)Nc1ccc2c(c1)OCCO2. The topological polar surface area (TPSA) is 56.8 Å². The summed E-state index contributed by atoms with van der Waals surface area (Å²) in [6, 6.07) is 10.4. The van der Waals surface area contributed by atoms with Gasteiger partial charge in [0.25, 0.3) is 0 Å². The second kappa shape index (κ2) is 8.32. The van der Waals surface area contributed by atoms with Gasteiger partial charge in [0.15, 0.2) is 11.5 Å². The van der Waals surface area contributed by atoms with Gasteiger partial charge in [-0.25, -0.2) is 0 Å². The maximum Gasteiger partial charge on any atom is 0.224 e. The van der Waals surface area contributed by atoms with Crippen LogP contribution in [0.3, 0.4) is 0 Å². The van der Waals surface area contributed by atoms with Crippen molar-refractivity contribution >= 4 is 34.8 Å². The van der Waals surface area contributed by atoms with Crippen molar-refractivity contribution in [1.82, 2.24) is 0 Å². The molecule has 1 aliphatic rings. The molecule has 0 saturated heterocycles. The van der Waals surface area contributed by atoms with E-state index in [2.05, 4.69) is 5.32 Å². The first-order valence-corrected chi connectivity index (χ1v) is 8.65. The monoisotopic (exact) mass is 381 g/mol. The van der Waals surface area contributed by atoms with Crippen LogP contribution < -0.4 is 19.5 Å². The zero-order valence-electron chi connectivity index (χ0n) is 13.4. The Balaban J connectivity index is 1.43. The molecule has 0 radical (unpaired) electrons. The highest BCUT2D eigenvalue weighted by Gasteiger charge is 2.12. The van der Waals surface area contributed by atoms with Gasteiger partial charge in [-0.15, -0.1) is 0 Å². The molecule has 0 aliphatic carbocycles. The van der Waals surface area contributed by atoms with E-state index in [9.17, 15) is 4.79 Å². The molecule has 1 aliphatic heterocycles. The molecule has 7 heteroatoms. The molecule has 5 nitrogen and oxygen atoms in total. The van der Waals surface area contributed by atoms with Crippen molar-refractivity contribution in [3.63, 3.8) is 0 Å². The second-order valence-corrected chi connectivity index (χ2v) is 6.28. The van der Waals surface area contributed by atoms with Crippen molar-refractivity contribution < 1.29 is 19.0 Å². The van der Waals surface area contributed by atoms with Crippen LogP contribution in [0.5, 0.6) is 17.2 Å². The van der Waals surface area contributed by atoms with E-state index in [-0.39, 0.29) is 5.91 Å². The molecule has 0 aromatic heterocycles. The Morgan fingerprint density at radius 2 is 1.88 bits per heavy atom. The minimum atomic E-state index is -0.0949. The molecule has 1 heterocycles. The highest BCUT2D eigenvalue weighted by molar-refractivity contribution is 6.35. The van der Waals surface area contributed by atoms with E-state index in [0.29, 0.717) is 65.6 Å². The zero-order valence-corrected chi connectivity index (χ0v) is 14.9. The molecule has 3 rings (SSSR count). The molecule has 132 valence electrons. The quantitative estimate of drug-likeness (QED) is 0.744. The van der Waals surface area contributed by atoms with Gasteiger partial charge in [-0.05, 0) is 36.8 Å². The van der Waals surface area contributed by atoms with Crippen molar-refractivity contribution in [2.45, 2.75) is 12.8 Å². The number of hydrogen-bond donors (Lipinski definition) is 1. The number of nitrogens with one attached hydrogen (secondary N) is 1. The van der Waals surface area contributed by atoms with E-state index < -0.39 is 0 Å². The minimum Gasteiger partial charge on any atom is -0.492 e. The Hall–Kier alpha value is -2.11. The Morgan fingerprint density at radius 1 is 1.08 bits per heavy atom. The van der Waals surface area contributed by atoms with E-state index >= 15 is 0 Å². The summed E-state index contributed by atoms with van der Waals surface area (Å²) in [5.41, 5.74) is 0.677. The highest BCUT2D eigenvalue weighted by atomic mass is 35.5. The fourth-order valence-electron chi connectivity index (χ4n) is 2.35. The molecule has 1 amide bonds. The lowest BCUT2D eigenvalue weighted by Gasteiger charge is -2.19. The lowest BCUT2D eigenvalue weighted by atomic mass is 10.2. The smallest absolute Gasteiger partial charge is 0.224 e. The molecule has 0 bridgehead atoms. The standard InChI is InChI=1S/C18H17Cl2NO4/c19-12-3-5-15(14(20)10-12)23-7-1-2-18(22)21-13-4-6-16-17(11-13)25-9-8-24-16/h3-6,10-11H,1-2,7-9H2,(H,21,22). The number of rotatable bonds is 6. The number of anilines is 1. The van der Waals surface area contributed by atoms with Gasteiger partial charge in [0.05, 0.1) is 11.6 Å². The molecule has 25 heavy (non-hydrogen) atoms. The first kappa shape index (κ1) is 17.7. The summed E-state index contributed by atoms with van der Waals surface area (Å²) in [6.07, 6.45) is 0.898. The summed E-state index contributed by atoms with van der Waals surface area (Å²) in [5, 5.41) is 3.84. The van der Waals surface area contributed by atoms with Gasteiger partial charge in [0.1, 0.15) is 19.0 Å². The Bertz CT molecular complexity index is 767. The fourth-order valence-corrected chi connectivity index (χ4v) is 2.81. The van der Waals surface area contributed by atoms with Gasteiger partial charge in [0.2, 0.25) is 5.91 Å². The third kappa shape index (κ3) is 4.94. The molecule has 0 unspecified atom stereocenters. The molecular weight excluding hydrogens is 365 g/mol. The summed E-state index contributed by atoms with van der Waals surface area (Å²) in [5.74, 6) is 1.79. The van der Waals surface area contributed by atoms with Gasteiger partial charge in [-0.2, -0.15) is 0 Å². The summed E-state index contributed by atoms with van der Waals surface area (Å²) >= 11 is 11.9. The number of halogens is 2. The van der Waals surface area contributed by atoms with E-state index in [1.807, 2.05) is 0 Å². The second-order valence-electron chi connectivity index (χ2n) is 5.43. The first-order chi connectivity index (χ1) is 12.1. The molecule has 2 aromatic carbocycles. The number of hydrogen-bond acceptors (Lipinski definition) is 4. The highest BCUT2D eigenvalue weighted by Crippen LogP contribution is 2.32. The third-order valence-electron chi connectivity index (χ3n) is 3.53. The third-order valence-corrected chi connectivity index (χ3v) is 4.06. The van der Waals surface area contributed by atoms with Crippen LogP contribution in [0.4, 0.5) is 5.69 Å². The molecule has 0 atom stereocenters. The Labute approximate surface area is 155 Å². The van der Waals surface area contributed by atoms with Crippen LogP contribution in [0.15, 0.2) is 36.4 Å². The maximum absolute atomic E-state index is 12.0. The van der Waals surface area contributed by atoms with Crippen LogP contribution in [0, 0.1) is 0 Å². The fraction of sp³-hybridized carbons (Fsp3) is 0.278. The van der Waals surface area contributed by atoms with Crippen molar-refractivity contribution in [3.05, 3.63) is 46.4 Å². The Kier molecular flexibility index (Phi) is 5.89. The minimum absolute atomic E-state index is 0.0949. The lowest BCUT2D eigenvalue weighted by Crippen LogP contribution is -2.16. The van der Waals surface area contributed by atoms with Crippen LogP contribution in [-0.2, 0) is 4.79 Å². The number of carbonyl (C=O) groups is 1. The summed E-state index contributed by atoms with van der Waals surface area (Å²) < 4.78 is 16.5. The molecule has 2 aromatic rings. The van der Waals surface area contributed by atoms with Crippen molar-refractivity contribution in [2.24, 2.45) is 0 Å². The molecular formula is C18H17Cl2NO4. The maximum atomic E-state index is 12.0. The van der Waals surface area contributed by atoms with Gasteiger partial charge in [0, 0.05) is 23.2 Å². The summed E-state index contributed by atoms with van der Waals surface area (Å²) in [7, 11) is 0. The largest absolute Gasteiger partial charge is 0.492 e. The normalized spacial score (nSPS) is 12.6. The van der Waals surface area contributed by atoms with Crippen LogP contribution in [0.1, 0.15) is 12.8 Å². The first-order valence-electron chi connectivity index (χ1n) is 7.89. The molecule has 0 saturated carbocycles. The van der Waals surface area contributed by atoms with Crippen LogP contribution in [-0.4, -0.2) is 25.7 Å². The number of benzene rings is 2. The van der Waals surface area contributed by atoms with Crippen molar-refractivity contribution in [2.75, 3.05) is 25.1 Å². The number of amides is 1. The van der Waals surface area contributed by atoms with Gasteiger partial charge in [-0.3, -0.25) is 4.79 Å². The van der Waals surface area contributed by atoms with E-state index in [4.69, 9.17) is 37.4 Å². The number of ether oxygens (including phenoxy) is 3. The van der Waals surface area contributed by atoms with E-state index in [0.717, 1.165) is 0 Å². The predicted octanol–water partition coefficient (Wildman–Crippen LogP) is 4.56. The Morgan fingerprint density at radius 3 is 2.68 bits per heavy atom. The zero-order chi connectivity index (χ0) is 17.6. The van der Waals surface area contributed by atoms with Crippen LogP contribution in [0.2, 0.25) is 10.0 Å². The van der Waals surface area contributed by atoms with Crippen LogP contribution in [0.25, 0.3) is 0 Å². The molecule has 1 N–H and O–H groups in total. The molecule has 0 fully saturated rings. The summed E-state index contributed by atoms with van der Waals surface area (Å²) in [6.45, 7) is 1.43. The van der Waals surface area contributed by atoms with Crippen LogP contribution >= 0.6 is 23.2 Å². The lowest BCUT2D eigenvalue weighted by molar-refractivity contribution is -0.116. The molecule has 0 spiro atoms. The average molecular weight is 382 g/mol.